The highest BCUT2D eigenvalue weighted by atomic mass is 16.4. The van der Waals surface area contributed by atoms with E-state index in [1.54, 1.807) is 0 Å². The highest BCUT2D eigenvalue weighted by Gasteiger charge is 1.98. The highest BCUT2D eigenvalue weighted by molar-refractivity contribution is 5.66. The summed E-state index contributed by atoms with van der Waals surface area (Å²) in [6.07, 6.45) is 38.0. The second-order valence-corrected chi connectivity index (χ2v) is 10.3. The third-order valence-electron chi connectivity index (χ3n) is 6.99. The third-order valence-corrected chi connectivity index (χ3v) is 6.99. The minimum Gasteiger partial charge on any atom is -0.481 e. The van der Waals surface area contributed by atoms with Crippen LogP contribution in [0.15, 0.2) is 0 Å². The molecule has 0 rings (SSSR count). The molecule has 3 nitrogen and oxygen atoms in total. The minimum atomic E-state index is -0.649. The van der Waals surface area contributed by atoms with Gasteiger partial charge in [0.1, 0.15) is 0 Å². The second kappa shape index (κ2) is 31.4. The average Bonchev–Trinajstić information content (AvgIpc) is 2.78. The summed E-state index contributed by atoms with van der Waals surface area (Å²) in [4.78, 5) is 10.4. The Bertz CT molecular complexity index is 356. The summed E-state index contributed by atoms with van der Waals surface area (Å²) in [6.45, 7) is 2.30. The fraction of sp³-hybridized carbons (Fsp3) is 0.967. The molecule has 0 saturated heterocycles. The van der Waals surface area contributed by atoms with Crippen molar-refractivity contribution < 1.29 is 15.4 Å². The molecular formula is C30H62O3. The number of carboxylic acids is 1. The first-order chi connectivity index (χ1) is 15.8. The maximum atomic E-state index is 10.4. The quantitative estimate of drug-likeness (QED) is 0.115. The Morgan fingerprint density at radius 3 is 0.758 bits per heavy atom. The molecule has 3 heteroatoms. The summed E-state index contributed by atoms with van der Waals surface area (Å²) < 4.78 is 0. The van der Waals surface area contributed by atoms with Gasteiger partial charge in [-0.1, -0.05) is 174 Å². The van der Waals surface area contributed by atoms with Crippen molar-refractivity contribution in [1.82, 2.24) is 0 Å². The van der Waals surface area contributed by atoms with Gasteiger partial charge in [0, 0.05) is 6.42 Å². The van der Waals surface area contributed by atoms with Crippen LogP contribution in [0.1, 0.15) is 187 Å². The molecule has 33 heavy (non-hydrogen) atoms. The van der Waals surface area contributed by atoms with Gasteiger partial charge < -0.3 is 10.6 Å². The van der Waals surface area contributed by atoms with Gasteiger partial charge in [-0.3, -0.25) is 4.79 Å². The van der Waals surface area contributed by atoms with Gasteiger partial charge in [0.25, 0.3) is 0 Å². The fourth-order valence-electron chi connectivity index (χ4n) is 4.77. The largest absolute Gasteiger partial charge is 0.481 e. The number of rotatable bonds is 28. The maximum absolute atomic E-state index is 10.4. The summed E-state index contributed by atoms with van der Waals surface area (Å²) >= 11 is 0. The molecule has 0 radical (unpaired) electrons. The molecule has 0 heterocycles. The van der Waals surface area contributed by atoms with Crippen LogP contribution in [0.4, 0.5) is 0 Å². The van der Waals surface area contributed by atoms with Crippen molar-refractivity contribution in [2.24, 2.45) is 0 Å². The van der Waals surface area contributed by atoms with E-state index in [1.807, 2.05) is 0 Å². The van der Waals surface area contributed by atoms with Gasteiger partial charge in [-0.2, -0.15) is 0 Å². The van der Waals surface area contributed by atoms with Gasteiger partial charge in [0.2, 0.25) is 0 Å². The zero-order chi connectivity index (χ0) is 23.4. The van der Waals surface area contributed by atoms with Crippen molar-refractivity contribution in [3.05, 3.63) is 0 Å². The summed E-state index contributed by atoms with van der Waals surface area (Å²) in [6, 6.07) is 0. The molecule has 0 aromatic rings. The van der Waals surface area contributed by atoms with Crippen molar-refractivity contribution >= 4 is 5.97 Å². The lowest BCUT2D eigenvalue weighted by atomic mass is 10.0. The van der Waals surface area contributed by atoms with E-state index in [0.29, 0.717) is 6.42 Å². The van der Waals surface area contributed by atoms with Gasteiger partial charge in [-0.05, 0) is 6.42 Å². The Labute approximate surface area is 208 Å². The van der Waals surface area contributed by atoms with Crippen molar-refractivity contribution in [3.63, 3.8) is 0 Å². The van der Waals surface area contributed by atoms with Crippen molar-refractivity contribution in [1.29, 1.82) is 0 Å². The van der Waals surface area contributed by atoms with Crippen molar-refractivity contribution in [3.8, 4) is 0 Å². The van der Waals surface area contributed by atoms with E-state index in [9.17, 15) is 4.79 Å². The lowest BCUT2D eigenvalue weighted by Gasteiger charge is -2.04. The molecule has 0 aromatic carbocycles. The molecule has 0 fully saturated rings. The van der Waals surface area contributed by atoms with Crippen molar-refractivity contribution in [2.75, 3.05) is 0 Å². The Hall–Kier alpha value is -0.570. The monoisotopic (exact) mass is 470 g/mol. The second-order valence-electron chi connectivity index (χ2n) is 10.3. The number of hydrogen-bond acceptors (Lipinski definition) is 1. The van der Waals surface area contributed by atoms with Gasteiger partial charge >= 0.3 is 5.97 Å². The van der Waals surface area contributed by atoms with Gasteiger partial charge in [-0.15, -0.1) is 0 Å². The molecule has 0 aromatic heterocycles. The van der Waals surface area contributed by atoms with Gasteiger partial charge in [0.15, 0.2) is 0 Å². The van der Waals surface area contributed by atoms with Crippen molar-refractivity contribution in [2.45, 2.75) is 187 Å². The Morgan fingerprint density at radius 1 is 0.394 bits per heavy atom. The number of carboxylic acid groups (broad SMARTS) is 1. The van der Waals surface area contributed by atoms with E-state index in [1.165, 1.54) is 161 Å². The number of hydrogen-bond donors (Lipinski definition) is 1. The van der Waals surface area contributed by atoms with E-state index >= 15 is 0 Å². The third kappa shape index (κ3) is 33.7. The number of aliphatic carboxylic acids is 1. The first-order valence-corrected chi connectivity index (χ1v) is 15.0. The summed E-state index contributed by atoms with van der Waals surface area (Å²) in [5.74, 6) is -0.649. The summed E-state index contributed by atoms with van der Waals surface area (Å²) in [5.41, 5.74) is 0. The van der Waals surface area contributed by atoms with E-state index < -0.39 is 5.97 Å². The zero-order valence-electron chi connectivity index (χ0n) is 22.7. The molecule has 0 aliphatic rings. The molecule has 0 bridgehead atoms. The van der Waals surface area contributed by atoms with E-state index in [2.05, 4.69) is 6.92 Å². The van der Waals surface area contributed by atoms with E-state index in [0.717, 1.165) is 12.8 Å². The van der Waals surface area contributed by atoms with Crippen LogP contribution >= 0.6 is 0 Å². The molecule has 200 valence electrons. The summed E-state index contributed by atoms with van der Waals surface area (Å²) in [7, 11) is 0. The first kappa shape index (κ1) is 34.6. The predicted molar refractivity (Wildman–Crippen MR) is 146 cm³/mol. The van der Waals surface area contributed by atoms with E-state index in [4.69, 9.17) is 5.11 Å². The lowest BCUT2D eigenvalue weighted by Crippen LogP contribution is -1.93. The van der Waals surface area contributed by atoms with Crippen LogP contribution in [0.3, 0.4) is 0 Å². The summed E-state index contributed by atoms with van der Waals surface area (Å²) in [5, 5.41) is 8.61. The molecular weight excluding hydrogens is 408 g/mol. The first-order valence-electron chi connectivity index (χ1n) is 15.0. The van der Waals surface area contributed by atoms with Crippen LogP contribution in [0, 0.1) is 0 Å². The number of unbranched alkanes of at least 4 members (excludes halogenated alkanes) is 26. The van der Waals surface area contributed by atoms with Crippen LogP contribution in [0.2, 0.25) is 0 Å². The zero-order valence-corrected chi connectivity index (χ0v) is 22.7. The van der Waals surface area contributed by atoms with Crippen LogP contribution in [0.5, 0.6) is 0 Å². The minimum absolute atomic E-state index is 0. The van der Waals surface area contributed by atoms with Crippen LogP contribution in [-0.4, -0.2) is 16.6 Å². The predicted octanol–water partition coefficient (Wildman–Crippen LogP) is 10.2. The van der Waals surface area contributed by atoms with Gasteiger partial charge in [0.05, 0.1) is 0 Å². The highest BCUT2D eigenvalue weighted by Crippen LogP contribution is 2.16. The smallest absolute Gasteiger partial charge is 0.303 e. The molecule has 0 spiro atoms. The lowest BCUT2D eigenvalue weighted by molar-refractivity contribution is -0.137. The topological polar surface area (TPSA) is 68.8 Å². The van der Waals surface area contributed by atoms with Crippen LogP contribution in [0.25, 0.3) is 0 Å². The maximum Gasteiger partial charge on any atom is 0.303 e. The van der Waals surface area contributed by atoms with E-state index in [-0.39, 0.29) is 5.48 Å². The molecule has 0 amide bonds. The molecule has 0 aliphatic heterocycles. The van der Waals surface area contributed by atoms with Gasteiger partial charge in [-0.25, -0.2) is 0 Å². The molecule has 0 aliphatic carbocycles. The molecule has 0 unspecified atom stereocenters. The Morgan fingerprint density at radius 2 is 0.576 bits per heavy atom. The number of carbonyl (C=O) groups is 1. The van der Waals surface area contributed by atoms with Crippen LogP contribution < -0.4 is 0 Å². The Kier molecular flexibility index (Phi) is 33.0. The fourth-order valence-corrected chi connectivity index (χ4v) is 4.77. The molecule has 3 N–H and O–H groups in total. The molecule has 0 atom stereocenters. The molecule has 0 saturated carbocycles. The Balaban J connectivity index is 0. The average molecular weight is 471 g/mol. The standard InChI is InChI=1S/C30H60O2.H2O/c1-2-3-4-5-6-7-8-9-10-11-12-13-14-15-16-17-18-19-20-21-22-23-24-25-26-27-28-29-30(31)32;/h2-29H2,1H3,(H,31,32);1H2. The SMILES string of the molecule is CCCCCCCCCCCCCCCCCCCCCCCCCCCCCC(=O)O.O. The van der Waals surface area contributed by atoms with Crippen LogP contribution in [-0.2, 0) is 4.79 Å². The normalized spacial score (nSPS) is 10.9.